The summed E-state index contributed by atoms with van der Waals surface area (Å²) in [4.78, 5) is 18.9. The number of likely N-dealkylation sites (tertiary alicyclic amines) is 1. The molecule has 0 spiro atoms. The summed E-state index contributed by atoms with van der Waals surface area (Å²) >= 11 is 0. The van der Waals surface area contributed by atoms with Gasteiger partial charge < -0.3 is 5.32 Å². The van der Waals surface area contributed by atoms with Gasteiger partial charge in [0.15, 0.2) is 0 Å². The Bertz CT molecular complexity index is 896. The Morgan fingerprint density at radius 2 is 1.74 bits per heavy atom. The number of amides is 1. The molecule has 1 aromatic heterocycles. The number of benzene rings is 2. The summed E-state index contributed by atoms with van der Waals surface area (Å²) in [7, 11) is 0. The Morgan fingerprint density at radius 1 is 1.00 bits per heavy atom. The molecular weight excluding hydrogens is 334 g/mol. The topological polar surface area (TPSA) is 45.2 Å². The summed E-state index contributed by atoms with van der Waals surface area (Å²) in [6, 6.07) is 18.9. The van der Waals surface area contributed by atoms with Crippen LogP contribution < -0.4 is 5.32 Å². The van der Waals surface area contributed by atoms with Gasteiger partial charge in [-0.25, -0.2) is 0 Å². The molecule has 0 bridgehead atoms. The number of rotatable bonds is 5. The van der Waals surface area contributed by atoms with E-state index in [0.717, 1.165) is 38.0 Å². The van der Waals surface area contributed by atoms with Crippen LogP contribution in [0.1, 0.15) is 24.0 Å². The summed E-state index contributed by atoms with van der Waals surface area (Å²) in [6.45, 7) is 3.47. The van der Waals surface area contributed by atoms with E-state index in [1.54, 1.807) is 12.4 Å². The van der Waals surface area contributed by atoms with E-state index >= 15 is 0 Å². The molecule has 1 aliphatic heterocycles. The number of nitrogens with zero attached hydrogens (tertiary/aromatic N) is 2. The van der Waals surface area contributed by atoms with Gasteiger partial charge in [0.25, 0.3) is 0 Å². The van der Waals surface area contributed by atoms with Crippen LogP contribution in [0.15, 0.2) is 67.0 Å². The number of carbonyl (C=O) groups excluding carboxylic acids is 1. The van der Waals surface area contributed by atoms with Crippen molar-refractivity contribution >= 4 is 16.7 Å². The highest BCUT2D eigenvalue weighted by atomic mass is 16.1. The van der Waals surface area contributed by atoms with Crippen molar-refractivity contribution in [2.45, 2.75) is 25.9 Å². The standard InChI is InChI=1S/C23H25N3O/c27-23(25-16-18-8-12-24-13-9-18)20-10-14-26(15-11-20)17-21-6-3-5-19-4-1-2-7-22(19)21/h1-9,12-13,20H,10-11,14-17H2,(H,25,27). The number of hydrogen-bond acceptors (Lipinski definition) is 3. The smallest absolute Gasteiger partial charge is 0.223 e. The predicted octanol–water partition coefficient (Wildman–Crippen LogP) is 3.76. The zero-order valence-electron chi connectivity index (χ0n) is 15.5. The molecule has 138 valence electrons. The second kappa shape index (κ2) is 8.31. The first-order valence-electron chi connectivity index (χ1n) is 9.65. The molecule has 3 aromatic rings. The van der Waals surface area contributed by atoms with Crippen LogP contribution >= 0.6 is 0 Å². The van der Waals surface area contributed by atoms with E-state index in [4.69, 9.17) is 0 Å². The van der Waals surface area contributed by atoms with Crippen LogP contribution in [0.3, 0.4) is 0 Å². The minimum Gasteiger partial charge on any atom is -0.352 e. The van der Waals surface area contributed by atoms with E-state index in [1.165, 1.54) is 16.3 Å². The molecule has 1 fully saturated rings. The number of piperidine rings is 1. The van der Waals surface area contributed by atoms with Gasteiger partial charge in [-0.2, -0.15) is 0 Å². The van der Waals surface area contributed by atoms with Crippen LogP contribution in [0.4, 0.5) is 0 Å². The highest BCUT2D eigenvalue weighted by molar-refractivity contribution is 5.85. The van der Waals surface area contributed by atoms with Crippen LogP contribution in [0, 0.1) is 5.92 Å². The third-order valence-corrected chi connectivity index (χ3v) is 5.45. The Hall–Kier alpha value is -2.72. The summed E-state index contributed by atoms with van der Waals surface area (Å²) in [6.07, 6.45) is 5.36. The molecule has 2 aromatic carbocycles. The van der Waals surface area contributed by atoms with Crippen molar-refractivity contribution in [1.82, 2.24) is 15.2 Å². The van der Waals surface area contributed by atoms with E-state index in [2.05, 4.69) is 57.7 Å². The maximum Gasteiger partial charge on any atom is 0.223 e. The lowest BCUT2D eigenvalue weighted by Gasteiger charge is -2.31. The van der Waals surface area contributed by atoms with Crippen molar-refractivity contribution in [3.63, 3.8) is 0 Å². The summed E-state index contributed by atoms with van der Waals surface area (Å²) < 4.78 is 0. The molecule has 2 heterocycles. The number of pyridine rings is 1. The Morgan fingerprint density at radius 3 is 2.56 bits per heavy atom. The average Bonchev–Trinajstić information content (AvgIpc) is 2.74. The Kier molecular flexibility index (Phi) is 5.45. The summed E-state index contributed by atoms with van der Waals surface area (Å²) in [5, 5.41) is 5.69. The number of aromatic nitrogens is 1. The zero-order chi connectivity index (χ0) is 18.5. The largest absolute Gasteiger partial charge is 0.352 e. The molecule has 0 radical (unpaired) electrons. The van der Waals surface area contributed by atoms with Gasteiger partial charge in [0.1, 0.15) is 0 Å². The molecule has 4 nitrogen and oxygen atoms in total. The monoisotopic (exact) mass is 359 g/mol. The first kappa shape index (κ1) is 17.7. The van der Waals surface area contributed by atoms with E-state index < -0.39 is 0 Å². The van der Waals surface area contributed by atoms with E-state index in [-0.39, 0.29) is 11.8 Å². The first-order chi connectivity index (χ1) is 13.3. The molecule has 27 heavy (non-hydrogen) atoms. The first-order valence-corrected chi connectivity index (χ1v) is 9.65. The van der Waals surface area contributed by atoms with Crippen LogP contribution in [0.2, 0.25) is 0 Å². The normalized spacial score (nSPS) is 15.7. The molecule has 0 aliphatic carbocycles. The fraction of sp³-hybridized carbons (Fsp3) is 0.304. The molecule has 1 N–H and O–H groups in total. The molecule has 1 aliphatic rings. The molecule has 1 amide bonds. The van der Waals surface area contributed by atoms with E-state index in [0.29, 0.717) is 6.54 Å². The zero-order valence-corrected chi connectivity index (χ0v) is 15.5. The fourth-order valence-electron chi connectivity index (χ4n) is 3.86. The van der Waals surface area contributed by atoms with E-state index in [1.807, 2.05) is 12.1 Å². The Balaban J connectivity index is 1.30. The van der Waals surface area contributed by atoms with Gasteiger partial charge in [-0.15, -0.1) is 0 Å². The van der Waals surface area contributed by atoms with Crippen LogP contribution in [0.25, 0.3) is 10.8 Å². The lowest BCUT2D eigenvalue weighted by molar-refractivity contribution is -0.126. The number of nitrogens with one attached hydrogen (secondary N) is 1. The van der Waals surface area contributed by atoms with Gasteiger partial charge in [0.05, 0.1) is 0 Å². The van der Waals surface area contributed by atoms with Crippen molar-refractivity contribution in [1.29, 1.82) is 0 Å². The molecule has 0 atom stereocenters. The SMILES string of the molecule is O=C(NCc1ccncc1)C1CCN(Cc2cccc3ccccc23)CC1. The van der Waals surface area contributed by atoms with Gasteiger partial charge in [0, 0.05) is 31.4 Å². The van der Waals surface area contributed by atoms with Gasteiger partial charge in [0.2, 0.25) is 5.91 Å². The molecule has 0 unspecified atom stereocenters. The minimum atomic E-state index is 0.121. The van der Waals surface area contributed by atoms with Gasteiger partial charge in [-0.1, -0.05) is 42.5 Å². The molecule has 4 heteroatoms. The fourth-order valence-corrected chi connectivity index (χ4v) is 3.86. The predicted molar refractivity (Wildman–Crippen MR) is 108 cm³/mol. The molecular formula is C23H25N3O. The van der Waals surface area contributed by atoms with Crippen molar-refractivity contribution in [3.8, 4) is 0 Å². The number of carbonyl (C=O) groups is 1. The second-order valence-corrected chi connectivity index (χ2v) is 7.26. The number of fused-ring (bicyclic) bond motifs is 1. The average molecular weight is 359 g/mol. The van der Waals surface area contributed by atoms with Crippen LogP contribution in [-0.2, 0) is 17.9 Å². The maximum atomic E-state index is 12.5. The van der Waals surface area contributed by atoms with Crippen molar-refractivity contribution in [3.05, 3.63) is 78.1 Å². The Labute approximate surface area is 160 Å². The highest BCUT2D eigenvalue weighted by Gasteiger charge is 2.25. The van der Waals surface area contributed by atoms with Crippen LogP contribution in [0.5, 0.6) is 0 Å². The lowest BCUT2D eigenvalue weighted by atomic mass is 9.95. The van der Waals surface area contributed by atoms with Gasteiger partial charge in [-0.05, 0) is 60.0 Å². The van der Waals surface area contributed by atoms with Gasteiger partial charge >= 0.3 is 0 Å². The van der Waals surface area contributed by atoms with Crippen molar-refractivity contribution in [2.75, 3.05) is 13.1 Å². The maximum absolute atomic E-state index is 12.5. The van der Waals surface area contributed by atoms with E-state index in [9.17, 15) is 4.79 Å². The second-order valence-electron chi connectivity index (χ2n) is 7.26. The quantitative estimate of drug-likeness (QED) is 0.754. The highest BCUT2D eigenvalue weighted by Crippen LogP contribution is 2.23. The minimum absolute atomic E-state index is 0.121. The van der Waals surface area contributed by atoms with Gasteiger partial charge in [-0.3, -0.25) is 14.7 Å². The molecule has 4 rings (SSSR count). The molecule has 1 saturated heterocycles. The molecule has 0 saturated carbocycles. The third-order valence-electron chi connectivity index (χ3n) is 5.45. The van der Waals surface area contributed by atoms with Crippen LogP contribution in [-0.4, -0.2) is 28.9 Å². The van der Waals surface area contributed by atoms with Crippen molar-refractivity contribution < 1.29 is 4.79 Å². The van der Waals surface area contributed by atoms with Crippen molar-refractivity contribution in [2.24, 2.45) is 5.92 Å². The lowest BCUT2D eigenvalue weighted by Crippen LogP contribution is -2.40. The third kappa shape index (κ3) is 4.34. The summed E-state index contributed by atoms with van der Waals surface area (Å²) in [5.74, 6) is 0.298. The number of hydrogen-bond donors (Lipinski definition) is 1. The summed E-state index contributed by atoms with van der Waals surface area (Å²) in [5.41, 5.74) is 2.46.